The van der Waals surface area contributed by atoms with Gasteiger partial charge in [0.05, 0.1) is 12.6 Å². The second-order valence-electron chi connectivity index (χ2n) is 5.24. The van der Waals surface area contributed by atoms with E-state index in [4.69, 9.17) is 4.52 Å². The van der Waals surface area contributed by atoms with E-state index < -0.39 is 0 Å². The summed E-state index contributed by atoms with van der Waals surface area (Å²) in [5.74, 6) is 1.17. The number of nitrogens with one attached hydrogen (secondary N) is 1. The molecule has 21 heavy (non-hydrogen) atoms. The fourth-order valence-electron chi connectivity index (χ4n) is 2.75. The van der Waals surface area contributed by atoms with E-state index >= 15 is 0 Å². The van der Waals surface area contributed by atoms with Gasteiger partial charge >= 0.3 is 0 Å². The van der Waals surface area contributed by atoms with E-state index in [2.05, 4.69) is 32.5 Å². The zero-order valence-corrected chi connectivity index (χ0v) is 12.2. The molecule has 3 rings (SSSR count). The average molecular weight is 286 g/mol. The summed E-state index contributed by atoms with van der Waals surface area (Å²) in [4.78, 5) is 18.5. The fourth-order valence-corrected chi connectivity index (χ4v) is 2.75. The van der Waals surface area contributed by atoms with E-state index in [1.54, 1.807) is 14.0 Å². The van der Waals surface area contributed by atoms with Crippen LogP contribution in [0.5, 0.6) is 0 Å². The summed E-state index contributed by atoms with van der Waals surface area (Å²) in [6.07, 6.45) is 0.697. The van der Waals surface area contributed by atoms with Crippen molar-refractivity contribution >= 4 is 5.91 Å². The van der Waals surface area contributed by atoms with E-state index in [0.29, 0.717) is 31.2 Å². The predicted octanol–water partition coefficient (Wildman–Crippen LogP) is 1.05. The normalized spacial score (nSPS) is 18.3. The van der Waals surface area contributed by atoms with Crippen LogP contribution in [-0.2, 0) is 24.3 Å². The molecule has 0 fully saturated rings. The molecule has 1 amide bonds. The molecule has 1 aliphatic heterocycles. The quantitative estimate of drug-likeness (QED) is 0.913. The van der Waals surface area contributed by atoms with Gasteiger partial charge in [0.15, 0.2) is 5.82 Å². The lowest BCUT2D eigenvalue weighted by Gasteiger charge is -2.34. The number of aryl methyl sites for hydroxylation is 1. The zero-order valence-electron chi connectivity index (χ0n) is 12.2. The Morgan fingerprint density at radius 1 is 1.43 bits per heavy atom. The summed E-state index contributed by atoms with van der Waals surface area (Å²) < 4.78 is 5.18. The van der Waals surface area contributed by atoms with Crippen molar-refractivity contribution in [1.29, 1.82) is 0 Å². The molecule has 110 valence electrons. The first-order valence-electron chi connectivity index (χ1n) is 6.99. The zero-order chi connectivity index (χ0) is 14.8. The molecule has 0 unspecified atom stereocenters. The Morgan fingerprint density at radius 2 is 2.19 bits per heavy atom. The molecular weight excluding hydrogens is 268 g/mol. The van der Waals surface area contributed by atoms with Gasteiger partial charge in [0.25, 0.3) is 0 Å². The monoisotopic (exact) mass is 286 g/mol. The lowest BCUT2D eigenvalue weighted by molar-refractivity contribution is -0.126. The molecule has 6 heteroatoms. The lowest BCUT2D eigenvalue weighted by atomic mass is 9.93. The van der Waals surface area contributed by atoms with E-state index in [1.807, 2.05) is 12.1 Å². The Balaban J connectivity index is 1.87. The summed E-state index contributed by atoms with van der Waals surface area (Å²) in [6.45, 7) is 2.97. The van der Waals surface area contributed by atoms with Gasteiger partial charge in [0, 0.05) is 13.6 Å². The van der Waals surface area contributed by atoms with Gasteiger partial charge in [0.1, 0.15) is 0 Å². The minimum absolute atomic E-state index is 0.0146. The maximum atomic E-state index is 12.2. The fraction of sp³-hybridized carbons (Fsp3) is 0.400. The number of carbonyl (C=O) groups excluding carboxylic acids is 1. The number of carbonyl (C=O) groups is 1. The SMILES string of the molecule is CNC(=O)[C@H]1Cc2ccccc2CN1Cc1nc(C)no1. The summed E-state index contributed by atoms with van der Waals surface area (Å²) in [7, 11) is 1.66. The second-order valence-corrected chi connectivity index (χ2v) is 5.24. The molecule has 0 spiro atoms. The number of hydrogen-bond acceptors (Lipinski definition) is 5. The van der Waals surface area contributed by atoms with E-state index in [0.717, 1.165) is 0 Å². The summed E-state index contributed by atoms with van der Waals surface area (Å²) in [6, 6.07) is 8.00. The van der Waals surface area contributed by atoms with Crippen LogP contribution in [0.2, 0.25) is 0 Å². The minimum atomic E-state index is -0.211. The van der Waals surface area contributed by atoms with Gasteiger partial charge in [-0.3, -0.25) is 9.69 Å². The number of benzene rings is 1. The van der Waals surface area contributed by atoms with Crippen molar-refractivity contribution in [3.8, 4) is 0 Å². The van der Waals surface area contributed by atoms with E-state index in [1.165, 1.54) is 11.1 Å². The molecule has 2 heterocycles. The van der Waals surface area contributed by atoms with Crippen LogP contribution in [0.25, 0.3) is 0 Å². The van der Waals surface area contributed by atoms with Crippen molar-refractivity contribution in [2.45, 2.75) is 32.5 Å². The van der Waals surface area contributed by atoms with Crippen LogP contribution in [-0.4, -0.2) is 34.0 Å². The average Bonchev–Trinajstić information content (AvgIpc) is 2.91. The van der Waals surface area contributed by atoms with E-state index in [-0.39, 0.29) is 11.9 Å². The Labute approximate surface area is 123 Å². The van der Waals surface area contributed by atoms with Crippen molar-refractivity contribution in [1.82, 2.24) is 20.4 Å². The number of aromatic nitrogens is 2. The third-order valence-electron chi connectivity index (χ3n) is 3.80. The number of nitrogens with zero attached hydrogens (tertiary/aromatic N) is 3. The Bertz CT molecular complexity index is 653. The summed E-state index contributed by atoms with van der Waals surface area (Å²) >= 11 is 0. The molecule has 1 atom stereocenters. The van der Waals surface area contributed by atoms with Gasteiger partial charge in [-0.15, -0.1) is 0 Å². The molecule has 0 saturated carbocycles. The smallest absolute Gasteiger partial charge is 0.240 e. The third-order valence-corrected chi connectivity index (χ3v) is 3.80. The van der Waals surface area contributed by atoms with Gasteiger partial charge in [0.2, 0.25) is 11.8 Å². The van der Waals surface area contributed by atoms with Crippen molar-refractivity contribution in [3.63, 3.8) is 0 Å². The topological polar surface area (TPSA) is 71.3 Å². The lowest BCUT2D eigenvalue weighted by Crippen LogP contribution is -2.49. The standard InChI is InChI=1S/C15H18N4O2/c1-10-17-14(21-18-10)9-19-8-12-6-4-3-5-11(12)7-13(19)15(20)16-2/h3-6,13H,7-9H2,1-2H3,(H,16,20)/t13-/m1/s1. The number of amides is 1. The molecule has 0 aliphatic carbocycles. The molecule has 1 aliphatic rings. The third kappa shape index (κ3) is 2.80. The van der Waals surface area contributed by atoms with Crippen LogP contribution in [0, 0.1) is 6.92 Å². The highest BCUT2D eigenvalue weighted by molar-refractivity contribution is 5.82. The number of hydrogen-bond donors (Lipinski definition) is 1. The first-order valence-corrected chi connectivity index (χ1v) is 6.99. The van der Waals surface area contributed by atoms with Crippen LogP contribution in [0.4, 0.5) is 0 Å². The van der Waals surface area contributed by atoms with Crippen LogP contribution >= 0.6 is 0 Å². The van der Waals surface area contributed by atoms with Gasteiger partial charge in [-0.25, -0.2) is 0 Å². The molecule has 0 saturated heterocycles. The number of fused-ring (bicyclic) bond motifs is 1. The van der Waals surface area contributed by atoms with E-state index in [9.17, 15) is 4.79 Å². The minimum Gasteiger partial charge on any atom is -0.358 e. The van der Waals surface area contributed by atoms with Crippen molar-refractivity contribution in [2.75, 3.05) is 7.05 Å². The molecule has 1 aromatic heterocycles. The highest BCUT2D eigenvalue weighted by atomic mass is 16.5. The van der Waals surface area contributed by atoms with Crippen LogP contribution in [0.3, 0.4) is 0 Å². The molecule has 0 bridgehead atoms. The summed E-state index contributed by atoms with van der Waals surface area (Å²) in [5.41, 5.74) is 2.47. The van der Waals surface area contributed by atoms with Crippen LogP contribution in [0.15, 0.2) is 28.8 Å². The molecule has 6 nitrogen and oxygen atoms in total. The van der Waals surface area contributed by atoms with Crippen molar-refractivity contribution < 1.29 is 9.32 Å². The predicted molar refractivity (Wildman–Crippen MR) is 76.3 cm³/mol. The summed E-state index contributed by atoms with van der Waals surface area (Å²) in [5, 5.41) is 6.54. The first kappa shape index (κ1) is 13.8. The first-order chi connectivity index (χ1) is 10.2. The second kappa shape index (κ2) is 5.65. The van der Waals surface area contributed by atoms with Gasteiger partial charge < -0.3 is 9.84 Å². The molecule has 1 aromatic carbocycles. The van der Waals surface area contributed by atoms with Crippen molar-refractivity contribution in [3.05, 3.63) is 47.1 Å². The van der Waals surface area contributed by atoms with Gasteiger partial charge in [-0.2, -0.15) is 4.98 Å². The van der Waals surface area contributed by atoms with Gasteiger partial charge in [-0.05, 0) is 24.5 Å². The molecule has 2 aromatic rings. The van der Waals surface area contributed by atoms with Crippen LogP contribution < -0.4 is 5.32 Å². The molecule has 1 N–H and O–H groups in total. The highest BCUT2D eigenvalue weighted by Gasteiger charge is 2.31. The largest absolute Gasteiger partial charge is 0.358 e. The van der Waals surface area contributed by atoms with Gasteiger partial charge in [-0.1, -0.05) is 29.4 Å². The Kier molecular flexibility index (Phi) is 3.70. The molecule has 0 radical (unpaired) electrons. The molecular formula is C15H18N4O2. The number of rotatable bonds is 3. The Morgan fingerprint density at radius 3 is 2.86 bits per heavy atom. The maximum absolute atomic E-state index is 12.2. The van der Waals surface area contributed by atoms with Crippen LogP contribution in [0.1, 0.15) is 22.8 Å². The number of likely N-dealkylation sites (N-methyl/N-ethyl adjacent to an activating group) is 1. The van der Waals surface area contributed by atoms with Crippen molar-refractivity contribution in [2.24, 2.45) is 0 Å². The maximum Gasteiger partial charge on any atom is 0.240 e. The highest BCUT2D eigenvalue weighted by Crippen LogP contribution is 2.24. The Hall–Kier alpha value is -2.21.